The number of thiazole rings is 1. The zero-order chi connectivity index (χ0) is 20.7. The lowest BCUT2D eigenvalue weighted by molar-refractivity contribution is 0.0858. The molecule has 1 fully saturated rings. The number of rotatable bonds is 4. The molecule has 30 heavy (non-hydrogen) atoms. The molecular formula is C24H27N3O2S. The second-order valence-corrected chi connectivity index (χ2v) is 9.43. The van der Waals surface area contributed by atoms with Crippen molar-refractivity contribution in [3.8, 4) is 0 Å². The highest BCUT2D eigenvalue weighted by atomic mass is 32.1. The standard InChI is InChI=1S/C24H27N3O2S/c1-2-27-11-9-15(10-12-27)24-25-19-8-7-17(14-21(19)30-24)23(29)26-22-18-6-4-3-5-16(18)13-20(22)28/h3-8,14-15,20,22,28H,2,9-13H2,1H3,(H,26,29)/t20-,22+/m0/s1. The Kier molecular flexibility index (Phi) is 5.31. The Morgan fingerprint density at radius 3 is 2.83 bits per heavy atom. The summed E-state index contributed by atoms with van der Waals surface area (Å²) in [4.78, 5) is 20.3. The van der Waals surface area contributed by atoms with E-state index < -0.39 is 6.10 Å². The number of likely N-dealkylation sites (tertiary alicyclic amines) is 1. The van der Waals surface area contributed by atoms with Gasteiger partial charge in [0.1, 0.15) is 0 Å². The zero-order valence-corrected chi connectivity index (χ0v) is 18.0. The van der Waals surface area contributed by atoms with E-state index in [9.17, 15) is 9.90 Å². The summed E-state index contributed by atoms with van der Waals surface area (Å²) < 4.78 is 1.06. The number of hydrogen-bond acceptors (Lipinski definition) is 5. The van der Waals surface area contributed by atoms with Crippen molar-refractivity contribution in [3.05, 3.63) is 64.2 Å². The van der Waals surface area contributed by atoms with Crippen molar-refractivity contribution >= 4 is 27.5 Å². The molecule has 1 amide bonds. The number of benzene rings is 2. The second-order valence-electron chi connectivity index (χ2n) is 8.36. The molecule has 0 spiro atoms. The molecule has 2 N–H and O–H groups in total. The fourth-order valence-corrected chi connectivity index (χ4v) is 5.90. The minimum absolute atomic E-state index is 0.149. The smallest absolute Gasteiger partial charge is 0.251 e. The highest BCUT2D eigenvalue weighted by molar-refractivity contribution is 7.18. The summed E-state index contributed by atoms with van der Waals surface area (Å²) in [5.41, 5.74) is 3.70. The van der Waals surface area contributed by atoms with E-state index in [1.54, 1.807) is 11.3 Å². The van der Waals surface area contributed by atoms with Gasteiger partial charge in [-0.05, 0) is 61.8 Å². The van der Waals surface area contributed by atoms with Crippen LogP contribution in [0.4, 0.5) is 0 Å². The monoisotopic (exact) mass is 421 g/mol. The molecule has 3 aromatic rings. The average molecular weight is 422 g/mol. The van der Waals surface area contributed by atoms with E-state index in [1.807, 2.05) is 42.5 Å². The number of hydrogen-bond donors (Lipinski definition) is 2. The second kappa shape index (κ2) is 8.10. The predicted molar refractivity (Wildman–Crippen MR) is 120 cm³/mol. The van der Waals surface area contributed by atoms with Gasteiger partial charge < -0.3 is 15.3 Å². The van der Waals surface area contributed by atoms with Crippen LogP contribution in [0.1, 0.15) is 58.2 Å². The molecule has 0 bridgehead atoms. The zero-order valence-electron chi connectivity index (χ0n) is 17.2. The molecule has 2 aliphatic rings. The first kappa shape index (κ1) is 19.7. The van der Waals surface area contributed by atoms with E-state index in [2.05, 4.69) is 17.1 Å². The van der Waals surface area contributed by atoms with Crippen molar-refractivity contribution in [1.29, 1.82) is 0 Å². The van der Waals surface area contributed by atoms with E-state index in [-0.39, 0.29) is 11.9 Å². The highest BCUT2D eigenvalue weighted by Gasteiger charge is 2.32. The number of carbonyl (C=O) groups is 1. The van der Waals surface area contributed by atoms with Crippen molar-refractivity contribution in [2.45, 2.75) is 44.2 Å². The van der Waals surface area contributed by atoms with Crippen molar-refractivity contribution in [3.63, 3.8) is 0 Å². The molecular weight excluding hydrogens is 394 g/mol. The summed E-state index contributed by atoms with van der Waals surface area (Å²) in [6.45, 7) is 5.60. The normalized spacial score (nSPS) is 22.3. The number of aliphatic hydroxyl groups is 1. The largest absolute Gasteiger partial charge is 0.390 e. The van der Waals surface area contributed by atoms with Crippen molar-refractivity contribution in [2.75, 3.05) is 19.6 Å². The summed E-state index contributed by atoms with van der Waals surface area (Å²) in [6, 6.07) is 13.3. The Balaban J connectivity index is 1.33. The van der Waals surface area contributed by atoms with Gasteiger partial charge in [0.2, 0.25) is 0 Å². The summed E-state index contributed by atoms with van der Waals surface area (Å²) in [7, 11) is 0. The Morgan fingerprint density at radius 2 is 2.03 bits per heavy atom. The van der Waals surface area contributed by atoms with Gasteiger partial charge in [0.05, 0.1) is 27.4 Å². The topological polar surface area (TPSA) is 65.5 Å². The van der Waals surface area contributed by atoms with Crippen LogP contribution in [-0.2, 0) is 6.42 Å². The third kappa shape index (κ3) is 3.64. The maximum Gasteiger partial charge on any atom is 0.251 e. The Hall–Kier alpha value is -2.28. The minimum Gasteiger partial charge on any atom is -0.390 e. The number of piperidine rings is 1. The minimum atomic E-state index is -0.584. The Morgan fingerprint density at radius 1 is 1.23 bits per heavy atom. The van der Waals surface area contributed by atoms with Crippen LogP contribution < -0.4 is 5.32 Å². The first-order valence-corrected chi connectivity index (χ1v) is 11.6. The highest BCUT2D eigenvalue weighted by Crippen LogP contribution is 2.35. The van der Waals surface area contributed by atoms with E-state index in [0.29, 0.717) is 17.9 Å². The number of fused-ring (bicyclic) bond motifs is 2. The quantitative estimate of drug-likeness (QED) is 0.671. The molecule has 1 saturated heterocycles. The molecule has 0 saturated carbocycles. The molecule has 1 aliphatic carbocycles. The van der Waals surface area contributed by atoms with Gasteiger partial charge >= 0.3 is 0 Å². The Bertz CT molecular complexity index is 1070. The predicted octanol–water partition coefficient (Wildman–Crippen LogP) is 3.88. The van der Waals surface area contributed by atoms with Crippen LogP contribution in [0.2, 0.25) is 0 Å². The van der Waals surface area contributed by atoms with Crippen LogP contribution >= 0.6 is 11.3 Å². The van der Waals surface area contributed by atoms with Crippen LogP contribution in [0.3, 0.4) is 0 Å². The summed E-state index contributed by atoms with van der Waals surface area (Å²) in [6.07, 6.45) is 2.30. The number of nitrogens with zero attached hydrogens (tertiary/aromatic N) is 2. The van der Waals surface area contributed by atoms with E-state index in [0.717, 1.165) is 53.8 Å². The first-order chi connectivity index (χ1) is 14.6. The molecule has 1 aromatic heterocycles. The van der Waals surface area contributed by atoms with E-state index >= 15 is 0 Å². The van der Waals surface area contributed by atoms with Gasteiger partial charge in [-0.15, -0.1) is 11.3 Å². The molecule has 0 unspecified atom stereocenters. The van der Waals surface area contributed by atoms with Gasteiger partial charge in [-0.1, -0.05) is 31.2 Å². The van der Waals surface area contributed by atoms with Crippen LogP contribution in [0, 0.1) is 0 Å². The molecule has 5 rings (SSSR count). The number of aliphatic hydroxyl groups excluding tert-OH is 1. The molecule has 2 atom stereocenters. The maximum atomic E-state index is 12.9. The SMILES string of the molecule is CCN1CCC(c2nc3ccc(C(=O)N[C@@H]4c5ccccc5C[C@@H]4O)cc3s2)CC1. The van der Waals surface area contributed by atoms with Gasteiger partial charge in [-0.2, -0.15) is 0 Å². The van der Waals surface area contributed by atoms with Crippen LogP contribution in [-0.4, -0.2) is 46.6 Å². The van der Waals surface area contributed by atoms with Crippen LogP contribution in [0.25, 0.3) is 10.2 Å². The number of carbonyl (C=O) groups excluding carboxylic acids is 1. The number of aromatic nitrogens is 1. The van der Waals surface area contributed by atoms with Gasteiger partial charge in [-0.25, -0.2) is 4.98 Å². The van der Waals surface area contributed by atoms with Crippen molar-refractivity contribution in [2.24, 2.45) is 0 Å². The molecule has 6 heteroatoms. The molecule has 2 aromatic carbocycles. The summed E-state index contributed by atoms with van der Waals surface area (Å²) in [5, 5.41) is 14.7. The lowest BCUT2D eigenvalue weighted by Crippen LogP contribution is -2.33. The van der Waals surface area contributed by atoms with E-state index in [1.165, 1.54) is 5.01 Å². The fraction of sp³-hybridized carbons (Fsp3) is 0.417. The third-order valence-electron chi connectivity index (χ3n) is 6.54. The van der Waals surface area contributed by atoms with Crippen molar-refractivity contribution < 1.29 is 9.90 Å². The summed E-state index contributed by atoms with van der Waals surface area (Å²) >= 11 is 1.72. The van der Waals surface area contributed by atoms with Gasteiger partial charge in [0.15, 0.2) is 0 Å². The molecule has 2 heterocycles. The lowest BCUT2D eigenvalue weighted by Gasteiger charge is -2.29. The first-order valence-electron chi connectivity index (χ1n) is 10.8. The molecule has 1 aliphatic heterocycles. The van der Waals surface area contributed by atoms with Crippen molar-refractivity contribution in [1.82, 2.24) is 15.2 Å². The molecule has 0 radical (unpaired) electrons. The van der Waals surface area contributed by atoms with Gasteiger partial charge in [0.25, 0.3) is 5.91 Å². The molecule has 156 valence electrons. The Labute approximate surface area is 180 Å². The average Bonchev–Trinajstić information content (AvgIpc) is 3.34. The molecule has 5 nitrogen and oxygen atoms in total. The van der Waals surface area contributed by atoms with E-state index in [4.69, 9.17) is 4.98 Å². The maximum absolute atomic E-state index is 12.9. The van der Waals surface area contributed by atoms with Crippen LogP contribution in [0.15, 0.2) is 42.5 Å². The third-order valence-corrected chi connectivity index (χ3v) is 7.72. The fourth-order valence-electron chi connectivity index (χ4n) is 4.73. The van der Waals surface area contributed by atoms with Gasteiger partial charge in [-0.3, -0.25) is 4.79 Å². The van der Waals surface area contributed by atoms with Crippen LogP contribution in [0.5, 0.6) is 0 Å². The number of nitrogens with one attached hydrogen (secondary N) is 1. The summed E-state index contributed by atoms with van der Waals surface area (Å²) in [5.74, 6) is 0.372. The number of amides is 1. The lowest BCUT2D eigenvalue weighted by atomic mass is 9.98. The van der Waals surface area contributed by atoms with Gasteiger partial charge in [0, 0.05) is 17.9 Å².